The highest BCUT2D eigenvalue weighted by Gasteiger charge is 2.13. The Labute approximate surface area is 166 Å². The van der Waals surface area contributed by atoms with Crippen LogP contribution in [0.15, 0.2) is 66.9 Å². The van der Waals surface area contributed by atoms with Crippen molar-refractivity contribution in [1.29, 1.82) is 0 Å². The van der Waals surface area contributed by atoms with Gasteiger partial charge in [0.2, 0.25) is 5.95 Å². The quantitative estimate of drug-likeness (QED) is 0.533. The van der Waals surface area contributed by atoms with E-state index in [1.807, 2.05) is 24.3 Å². The van der Waals surface area contributed by atoms with Crippen LogP contribution in [-0.4, -0.2) is 20.9 Å². The van der Waals surface area contributed by atoms with Crippen LogP contribution in [0.4, 0.5) is 16.0 Å². The van der Waals surface area contributed by atoms with Crippen molar-refractivity contribution in [3.8, 4) is 0 Å². The van der Waals surface area contributed by atoms with Crippen LogP contribution >= 0.6 is 0 Å². The summed E-state index contributed by atoms with van der Waals surface area (Å²) >= 11 is 0. The standard InChI is InChI=1S/C22H18FN5O/c1-14-12-19(28-22(26-14)25-13-16-6-2-3-9-17(16)23)21(29)27-18-10-4-7-15-8-5-11-24-20(15)18/h2-12H,13H2,1H3,(H,27,29)(H,25,26,28). The predicted molar refractivity (Wildman–Crippen MR) is 110 cm³/mol. The maximum Gasteiger partial charge on any atom is 0.274 e. The van der Waals surface area contributed by atoms with Gasteiger partial charge in [0.25, 0.3) is 5.91 Å². The number of anilines is 2. The van der Waals surface area contributed by atoms with E-state index in [4.69, 9.17) is 0 Å². The summed E-state index contributed by atoms with van der Waals surface area (Å²) in [4.78, 5) is 25.7. The molecule has 0 atom stereocenters. The molecule has 2 aromatic heterocycles. The van der Waals surface area contributed by atoms with E-state index in [1.54, 1.807) is 43.5 Å². The van der Waals surface area contributed by atoms with Gasteiger partial charge in [0.1, 0.15) is 11.5 Å². The lowest BCUT2D eigenvalue weighted by Gasteiger charge is -2.10. The minimum atomic E-state index is -0.373. The molecule has 0 radical (unpaired) electrons. The molecular weight excluding hydrogens is 369 g/mol. The van der Waals surface area contributed by atoms with Crippen molar-refractivity contribution in [2.24, 2.45) is 0 Å². The fourth-order valence-corrected chi connectivity index (χ4v) is 2.97. The number of fused-ring (bicyclic) bond motifs is 1. The van der Waals surface area contributed by atoms with Gasteiger partial charge >= 0.3 is 0 Å². The van der Waals surface area contributed by atoms with E-state index >= 15 is 0 Å². The first-order valence-electron chi connectivity index (χ1n) is 9.08. The fraction of sp³-hybridized carbons (Fsp3) is 0.0909. The molecule has 6 nitrogen and oxygen atoms in total. The highest BCUT2D eigenvalue weighted by atomic mass is 19.1. The zero-order valence-corrected chi connectivity index (χ0v) is 15.7. The van der Waals surface area contributed by atoms with Crippen LogP contribution in [0.3, 0.4) is 0 Å². The lowest BCUT2D eigenvalue weighted by Crippen LogP contribution is -2.16. The Hall–Kier alpha value is -3.87. The topological polar surface area (TPSA) is 79.8 Å². The third-order valence-corrected chi connectivity index (χ3v) is 4.36. The van der Waals surface area contributed by atoms with Crippen molar-refractivity contribution in [2.45, 2.75) is 13.5 Å². The monoisotopic (exact) mass is 387 g/mol. The fourth-order valence-electron chi connectivity index (χ4n) is 2.97. The number of nitrogens with one attached hydrogen (secondary N) is 2. The third kappa shape index (κ3) is 4.19. The summed E-state index contributed by atoms with van der Waals surface area (Å²) in [5.74, 6) is -0.425. The van der Waals surface area contributed by atoms with Gasteiger partial charge in [0, 0.05) is 29.4 Å². The molecule has 0 fully saturated rings. The number of hydrogen-bond donors (Lipinski definition) is 2. The number of carbonyl (C=O) groups is 1. The maximum atomic E-state index is 13.8. The zero-order valence-electron chi connectivity index (χ0n) is 15.7. The highest BCUT2D eigenvalue weighted by Crippen LogP contribution is 2.21. The summed E-state index contributed by atoms with van der Waals surface area (Å²) < 4.78 is 13.8. The van der Waals surface area contributed by atoms with E-state index in [2.05, 4.69) is 25.6 Å². The molecule has 0 aliphatic heterocycles. The molecule has 0 bridgehead atoms. The number of carbonyl (C=O) groups excluding carboxylic acids is 1. The number of nitrogens with zero attached hydrogens (tertiary/aromatic N) is 3. The molecule has 2 N–H and O–H groups in total. The molecule has 0 aliphatic rings. The molecule has 0 aliphatic carbocycles. The van der Waals surface area contributed by atoms with Gasteiger partial charge in [-0.1, -0.05) is 36.4 Å². The van der Waals surface area contributed by atoms with Crippen molar-refractivity contribution >= 4 is 28.4 Å². The summed E-state index contributed by atoms with van der Waals surface area (Å²) in [6, 6.07) is 17.4. The molecule has 29 heavy (non-hydrogen) atoms. The van der Waals surface area contributed by atoms with Gasteiger partial charge < -0.3 is 10.6 Å². The molecule has 1 amide bonds. The number of benzene rings is 2. The van der Waals surface area contributed by atoms with Gasteiger partial charge in [-0.25, -0.2) is 14.4 Å². The van der Waals surface area contributed by atoms with Gasteiger partial charge in [0.05, 0.1) is 11.2 Å². The second-order valence-corrected chi connectivity index (χ2v) is 6.50. The molecule has 4 rings (SSSR count). The van der Waals surface area contributed by atoms with Crippen LogP contribution in [0.1, 0.15) is 21.7 Å². The minimum absolute atomic E-state index is 0.210. The number of halogens is 1. The largest absolute Gasteiger partial charge is 0.350 e. The Balaban J connectivity index is 1.55. The summed E-state index contributed by atoms with van der Waals surface area (Å²) in [7, 11) is 0. The van der Waals surface area contributed by atoms with Gasteiger partial charge in [0.15, 0.2) is 0 Å². The number of para-hydroxylation sites is 1. The number of pyridine rings is 1. The molecular formula is C22H18FN5O. The van der Waals surface area contributed by atoms with E-state index in [0.29, 0.717) is 22.5 Å². The van der Waals surface area contributed by atoms with Crippen LogP contribution in [0.5, 0.6) is 0 Å². The van der Waals surface area contributed by atoms with Gasteiger partial charge in [-0.2, -0.15) is 0 Å². The molecule has 0 spiro atoms. The second kappa shape index (κ2) is 8.02. The molecule has 0 unspecified atom stereocenters. The lowest BCUT2D eigenvalue weighted by atomic mass is 10.2. The third-order valence-electron chi connectivity index (χ3n) is 4.36. The smallest absolute Gasteiger partial charge is 0.274 e. The first-order chi connectivity index (χ1) is 14.1. The van der Waals surface area contributed by atoms with Crippen molar-refractivity contribution < 1.29 is 9.18 Å². The maximum absolute atomic E-state index is 13.8. The van der Waals surface area contributed by atoms with Gasteiger partial charge in [-0.05, 0) is 31.2 Å². The van der Waals surface area contributed by atoms with E-state index in [-0.39, 0.29) is 29.9 Å². The average molecular weight is 387 g/mol. The van der Waals surface area contributed by atoms with Crippen molar-refractivity contribution in [3.63, 3.8) is 0 Å². The summed E-state index contributed by atoms with van der Waals surface area (Å²) in [5.41, 5.74) is 2.63. The Morgan fingerprint density at radius 1 is 1.03 bits per heavy atom. The normalized spacial score (nSPS) is 10.7. The van der Waals surface area contributed by atoms with Crippen LogP contribution in [-0.2, 0) is 6.54 Å². The first-order valence-corrected chi connectivity index (χ1v) is 9.08. The number of hydrogen-bond acceptors (Lipinski definition) is 5. The van der Waals surface area contributed by atoms with E-state index in [1.165, 1.54) is 6.07 Å². The molecule has 0 saturated carbocycles. The van der Waals surface area contributed by atoms with E-state index < -0.39 is 0 Å². The number of amides is 1. The Kier molecular flexibility index (Phi) is 5.11. The summed E-state index contributed by atoms with van der Waals surface area (Å²) in [6.45, 7) is 1.98. The highest BCUT2D eigenvalue weighted by molar-refractivity contribution is 6.07. The Morgan fingerprint density at radius 3 is 2.72 bits per heavy atom. The molecule has 7 heteroatoms. The van der Waals surface area contributed by atoms with Crippen molar-refractivity contribution in [1.82, 2.24) is 15.0 Å². The van der Waals surface area contributed by atoms with Gasteiger partial charge in [-0.15, -0.1) is 0 Å². The molecule has 2 aromatic carbocycles. The van der Waals surface area contributed by atoms with Crippen molar-refractivity contribution in [2.75, 3.05) is 10.6 Å². The van der Waals surface area contributed by atoms with Crippen LogP contribution in [0.2, 0.25) is 0 Å². The summed E-state index contributed by atoms with van der Waals surface area (Å²) in [6.07, 6.45) is 1.68. The minimum Gasteiger partial charge on any atom is -0.350 e. The van der Waals surface area contributed by atoms with Crippen LogP contribution in [0, 0.1) is 12.7 Å². The van der Waals surface area contributed by atoms with E-state index in [9.17, 15) is 9.18 Å². The van der Waals surface area contributed by atoms with E-state index in [0.717, 1.165) is 5.39 Å². The molecule has 2 heterocycles. The lowest BCUT2D eigenvalue weighted by molar-refractivity contribution is 0.102. The van der Waals surface area contributed by atoms with Gasteiger partial charge in [-0.3, -0.25) is 9.78 Å². The predicted octanol–water partition coefficient (Wildman–Crippen LogP) is 4.34. The molecule has 144 valence electrons. The zero-order chi connectivity index (χ0) is 20.2. The second-order valence-electron chi connectivity index (χ2n) is 6.50. The summed E-state index contributed by atoms with van der Waals surface area (Å²) in [5, 5.41) is 6.76. The first kappa shape index (κ1) is 18.5. The van der Waals surface area contributed by atoms with Crippen LogP contribution < -0.4 is 10.6 Å². The SMILES string of the molecule is Cc1cc(C(=O)Nc2cccc3cccnc23)nc(NCc2ccccc2F)n1. The number of rotatable bonds is 5. The average Bonchev–Trinajstić information content (AvgIpc) is 2.73. The number of aromatic nitrogens is 3. The van der Waals surface area contributed by atoms with Crippen molar-refractivity contribution in [3.05, 3.63) is 89.6 Å². The Morgan fingerprint density at radius 2 is 1.86 bits per heavy atom. The van der Waals surface area contributed by atoms with Crippen LogP contribution in [0.25, 0.3) is 10.9 Å². The Bertz CT molecular complexity index is 1190. The molecule has 4 aromatic rings. The number of aryl methyl sites for hydroxylation is 1. The molecule has 0 saturated heterocycles.